The van der Waals surface area contributed by atoms with Crippen LogP contribution in [0.4, 0.5) is 0 Å². The lowest BCUT2D eigenvalue weighted by Crippen LogP contribution is -2.25. The Hall–Kier alpha value is -1.65. The van der Waals surface area contributed by atoms with Crippen LogP contribution in [0, 0.1) is 0 Å². The molecule has 0 heterocycles. The quantitative estimate of drug-likeness (QED) is 0.840. The van der Waals surface area contributed by atoms with Crippen LogP contribution in [0.2, 0.25) is 0 Å². The Morgan fingerprint density at radius 1 is 0.958 bits per heavy atom. The van der Waals surface area contributed by atoms with Crippen LogP contribution < -0.4 is 4.72 Å². The van der Waals surface area contributed by atoms with Gasteiger partial charge in [0.25, 0.3) is 0 Å². The molecule has 2 aromatic rings. The van der Waals surface area contributed by atoms with Crippen molar-refractivity contribution in [3.05, 3.63) is 65.7 Å². The van der Waals surface area contributed by atoms with Crippen LogP contribution in [0.1, 0.15) is 51.2 Å². The molecule has 0 aromatic heterocycles. The zero-order valence-electron chi connectivity index (χ0n) is 14.9. The summed E-state index contributed by atoms with van der Waals surface area (Å²) in [6.45, 7) is 8.88. The molecule has 1 N–H and O–H groups in total. The van der Waals surface area contributed by atoms with E-state index in [1.807, 2.05) is 30.3 Å². The van der Waals surface area contributed by atoms with E-state index < -0.39 is 10.0 Å². The van der Waals surface area contributed by atoms with Crippen LogP contribution in [0.15, 0.2) is 59.5 Å². The number of benzene rings is 2. The summed E-state index contributed by atoms with van der Waals surface area (Å²) < 4.78 is 27.5. The molecule has 3 nitrogen and oxygen atoms in total. The Kier molecular flexibility index (Phi) is 5.83. The highest BCUT2D eigenvalue weighted by atomic mass is 32.2. The maximum atomic E-state index is 12.4. The molecule has 1 atom stereocenters. The lowest BCUT2D eigenvalue weighted by molar-refractivity contribution is 0.571. The third kappa shape index (κ3) is 4.92. The maximum absolute atomic E-state index is 12.4. The second-order valence-electron chi connectivity index (χ2n) is 7.27. The summed E-state index contributed by atoms with van der Waals surface area (Å²) in [6.07, 6.45) is 0.767. The lowest BCUT2D eigenvalue weighted by atomic mass is 9.87. The molecule has 0 saturated heterocycles. The first-order chi connectivity index (χ1) is 11.2. The maximum Gasteiger partial charge on any atom is 0.240 e. The van der Waals surface area contributed by atoms with Crippen LogP contribution in [0.3, 0.4) is 0 Å². The van der Waals surface area contributed by atoms with Crippen molar-refractivity contribution in [1.82, 2.24) is 4.72 Å². The zero-order chi connectivity index (χ0) is 17.8. The molecule has 130 valence electrons. The number of rotatable bonds is 6. The summed E-state index contributed by atoms with van der Waals surface area (Å²) in [5.41, 5.74) is 2.37. The van der Waals surface area contributed by atoms with Gasteiger partial charge in [-0.3, -0.25) is 0 Å². The van der Waals surface area contributed by atoms with Gasteiger partial charge in [0.2, 0.25) is 10.0 Å². The molecule has 0 aliphatic heterocycles. The van der Waals surface area contributed by atoms with Gasteiger partial charge >= 0.3 is 0 Å². The average molecular weight is 346 g/mol. The van der Waals surface area contributed by atoms with Crippen LogP contribution in [0.5, 0.6) is 0 Å². The Labute approximate surface area is 146 Å². The minimum atomic E-state index is -3.45. The predicted molar refractivity (Wildman–Crippen MR) is 99.8 cm³/mol. The molecular weight excluding hydrogens is 318 g/mol. The van der Waals surface area contributed by atoms with E-state index in [-0.39, 0.29) is 5.41 Å². The van der Waals surface area contributed by atoms with Crippen molar-refractivity contribution in [3.63, 3.8) is 0 Å². The third-order valence-electron chi connectivity index (χ3n) is 4.27. The molecule has 0 amide bonds. The highest BCUT2D eigenvalue weighted by molar-refractivity contribution is 7.89. The second kappa shape index (κ2) is 7.49. The van der Waals surface area contributed by atoms with Gasteiger partial charge < -0.3 is 0 Å². The summed E-state index contributed by atoms with van der Waals surface area (Å²) in [4.78, 5) is 0.322. The van der Waals surface area contributed by atoms with Gasteiger partial charge in [-0.05, 0) is 41.0 Å². The predicted octanol–water partition coefficient (Wildman–Crippen LogP) is 4.46. The van der Waals surface area contributed by atoms with Crippen LogP contribution in [0.25, 0.3) is 0 Å². The molecule has 4 heteroatoms. The minimum Gasteiger partial charge on any atom is -0.211 e. The van der Waals surface area contributed by atoms with Gasteiger partial charge in [0.15, 0.2) is 0 Å². The van der Waals surface area contributed by atoms with Crippen molar-refractivity contribution < 1.29 is 8.42 Å². The fourth-order valence-corrected chi connectivity index (χ4v) is 3.62. The minimum absolute atomic E-state index is 0.0147. The van der Waals surface area contributed by atoms with E-state index in [0.29, 0.717) is 17.4 Å². The van der Waals surface area contributed by atoms with Crippen molar-refractivity contribution in [2.75, 3.05) is 6.54 Å². The monoisotopic (exact) mass is 345 g/mol. The first kappa shape index (κ1) is 18.7. The standard InChI is InChI=1S/C20H27NO2S/c1-16(17-8-6-5-7-9-17)14-15-21-24(22,23)19-12-10-18(11-13-19)20(2,3)4/h5-13,16,21H,14-15H2,1-4H3. The van der Waals surface area contributed by atoms with E-state index >= 15 is 0 Å². The van der Waals surface area contributed by atoms with Gasteiger partial charge in [0, 0.05) is 6.54 Å². The van der Waals surface area contributed by atoms with E-state index in [1.54, 1.807) is 12.1 Å². The molecular formula is C20H27NO2S. The number of sulfonamides is 1. The third-order valence-corrected chi connectivity index (χ3v) is 5.75. The smallest absolute Gasteiger partial charge is 0.211 e. The highest BCUT2D eigenvalue weighted by Gasteiger charge is 2.17. The molecule has 2 aromatic carbocycles. The molecule has 24 heavy (non-hydrogen) atoms. The van der Waals surface area contributed by atoms with Gasteiger partial charge in [-0.1, -0.05) is 70.2 Å². The van der Waals surface area contributed by atoms with Crippen molar-refractivity contribution in [2.45, 2.75) is 50.3 Å². The number of hydrogen-bond acceptors (Lipinski definition) is 2. The first-order valence-corrected chi connectivity index (χ1v) is 9.83. The van der Waals surface area contributed by atoms with Crippen LogP contribution in [-0.4, -0.2) is 15.0 Å². The molecule has 0 aliphatic carbocycles. The fraction of sp³-hybridized carbons (Fsp3) is 0.400. The molecule has 0 bridgehead atoms. The van der Waals surface area contributed by atoms with Crippen LogP contribution >= 0.6 is 0 Å². The van der Waals surface area contributed by atoms with Crippen molar-refractivity contribution in [2.24, 2.45) is 0 Å². The van der Waals surface area contributed by atoms with Crippen molar-refractivity contribution in [1.29, 1.82) is 0 Å². The normalized spacial score (nSPS) is 13.7. The van der Waals surface area contributed by atoms with Gasteiger partial charge in [0.05, 0.1) is 4.90 Å². The fourth-order valence-electron chi connectivity index (χ4n) is 2.58. The zero-order valence-corrected chi connectivity index (χ0v) is 15.7. The largest absolute Gasteiger partial charge is 0.240 e. The summed E-state index contributed by atoms with van der Waals surface area (Å²) in [5.74, 6) is 0.317. The average Bonchev–Trinajstić information content (AvgIpc) is 2.55. The second-order valence-corrected chi connectivity index (χ2v) is 9.04. The van der Waals surface area contributed by atoms with Gasteiger partial charge in [0.1, 0.15) is 0 Å². The molecule has 0 spiro atoms. The Balaban J connectivity index is 1.96. The molecule has 0 aliphatic rings. The van der Waals surface area contributed by atoms with Crippen molar-refractivity contribution >= 4 is 10.0 Å². The molecule has 1 unspecified atom stereocenters. The SMILES string of the molecule is CC(CCNS(=O)(=O)c1ccc(C(C)(C)C)cc1)c1ccccc1. The molecule has 2 rings (SSSR count). The first-order valence-electron chi connectivity index (χ1n) is 8.35. The van der Waals surface area contributed by atoms with E-state index in [0.717, 1.165) is 12.0 Å². The van der Waals surface area contributed by atoms with E-state index in [2.05, 4.69) is 44.5 Å². The van der Waals surface area contributed by atoms with Gasteiger partial charge in [-0.25, -0.2) is 13.1 Å². The Morgan fingerprint density at radius 2 is 1.54 bits per heavy atom. The van der Waals surface area contributed by atoms with E-state index in [9.17, 15) is 8.42 Å². The Bertz CT molecular complexity index is 744. The van der Waals surface area contributed by atoms with Crippen molar-refractivity contribution in [3.8, 4) is 0 Å². The van der Waals surface area contributed by atoms with Gasteiger partial charge in [-0.15, -0.1) is 0 Å². The van der Waals surface area contributed by atoms with E-state index in [4.69, 9.17) is 0 Å². The summed E-state index contributed by atoms with van der Waals surface area (Å²) in [7, 11) is -3.45. The molecule has 0 saturated carbocycles. The Morgan fingerprint density at radius 3 is 2.08 bits per heavy atom. The summed E-state index contributed by atoms with van der Waals surface area (Å²) in [5, 5.41) is 0. The number of hydrogen-bond donors (Lipinski definition) is 1. The van der Waals surface area contributed by atoms with Crippen LogP contribution in [-0.2, 0) is 15.4 Å². The highest BCUT2D eigenvalue weighted by Crippen LogP contribution is 2.23. The lowest BCUT2D eigenvalue weighted by Gasteiger charge is -2.19. The topological polar surface area (TPSA) is 46.2 Å². The molecule has 0 radical (unpaired) electrons. The van der Waals surface area contributed by atoms with E-state index in [1.165, 1.54) is 5.56 Å². The molecule has 0 fully saturated rings. The summed E-state index contributed by atoms with van der Waals surface area (Å²) >= 11 is 0. The summed E-state index contributed by atoms with van der Waals surface area (Å²) in [6, 6.07) is 17.3. The van der Waals surface area contributed by atoms with Gasteiger partial charge in [-0.2, -0.15) is 0 Å². The number of nitrogens with one attached hydrogen (secondary N) is 1.